The number of nitrogens with one attached hydrogen (secondary N) is 1. The Labute approximate surface area is 113 Å². The molecule has 0 aromatic rings. The Morgan fingerprint density at radius 2 is 2.22 bits per heavy atom. The predicted octanol–water partition coefficient (Wildman–Crippen LogP) is 2.78. The van der Waals surface area contributed by atoms with E-state index in [1.807, 2.05) is 6.92 Å². The molecular weight excluding hydrogens is 222 g/mol. The van der Waals surface area contributed by atoms with Crippen LogP contribution in [0.3, 0.4) is 0 Å². The van der Waals surface area contributed by atoms with Crippen LogP contribution in [-0.4, -0.2) is 36.1 Å². The summed E-state index contributed by atoms with van der Waals surface area (Å²) in [6.45, 7) is 11.9. The van der Waals surface area contributed by atoms with Gasteiger partial charge < -0.3 is 4.90 Å². The topological polar surface area (TPSA) is 39.1 Å². The minimum atomic E-state index is -0.382. The number of piperidine rings is 1. The third kappa shape index (κ3) is 4.26. The first-order chi connectivity index (χ1) is 8.54. The zero-order valence-electron chi connectivity index (χ0n) is 12.5. The summed E-state index contributed by atoms with van der Waals surface area (Å²) in [6, 6.07) is 2.93. The Kier molecular flexibility index (Phi) is 6.11. The molecule has 3 heteroatoms. The van der Waals surface area contributed by atoms with E-state index in [1.54, 1.807) is 0 Å². The van der Waals surface area contributed by atoms with E-state index in [-0.39, 0.29) is 5.54 Å². The third-order valence-electron chi connectivity index (χ3n) is 4.27. The Bertz CT molecular complexity index is 284. The van der Waals surface area contributed by atoms with Gasteiger partial charge in [-0.05, 0) is 52.1 Å². The van der Waals surface area contributed by atoms with Gasteiger partial charge in [0, 0.05) is 12.6 Å². The minimum Gasteiger partial charge on any atom is -0.300 e. The standard InChI is InChI=1S/C15H29N3/c1-5-14-8-7-9-18(11-14)13(3)10-15(4,12-16)17-6-2/h13-14,17H,5-11H2,1-4H3. The highest BCUT2D eigenvalue weighted by atomic mass is 15.2. The highest BCUT2D eigenvalue weighted by molar-refractivity contribution is 5.05. The molecule has 18 heavy (non-hydrogen) atoms. The van der Waals surface area contributed by atoms with Crippen LogP contribution >= 0.6 is 0 Å². The van der Waals surface area contributed by atoms with Crippen molar-refractivity contribution in [3.63, 3.8) is 0 Å². The Hall–Kier alpha value is -0.590. The van der Waals surface area contributed by atoms with Gasteiger partial charge in [-0.2, -0.15) is 5.26 Å². The van der Waals surface area contributed by atoms with Crippen LogP contribution in [0.15, 0.2) is 0 Å². The minimum absolute atomic E-state index is 0.382. The van der Waals surface area contributed by atoms with E-state index in [9.17, 15) is 5.26 Å². The molecule has 0 aromatic heterocycles. The van der Waals surface area contributed by atoms with Crippen LogP contribution in [-0.2, 0) is 0 Å². The lowest BCUT2D eigenvalue weighted by Gasteiger charge is -2.39. The molecule has 3 atom stereocenters. The third-order valence-corrected chi connectivity index (χ3v) is 4.27. The van der Waals surface area contributed by atoms with Crippen LogP contribution in [0.2, 0.25) is 0 Å². The number of hydrogen-bond acceptors (Lipinski definition) is 3. The van der Waals surface area contributed by atoms with Crippen molar-refractivity contribution in [2.75, 3.05) is 19.6 Å². The van der Waals surface area contributed by atoms with Crippen molar-refractivity contribution in [3.05, 3.63) is 0 Å². The van der Waals surface area contributed by atoms with Crippen LogP contribution in [0.25, 0.3) is 0 Å². The normalized spacial score (nSPS) is 26.3. The summed E-state index contributed by atoms with van der Waals surface area (Å²) in [5, 5.41) is 12.6. The molecule has 3 nitrogen and oxygen atoms in total. The quantitative estimate of drug-likeness (QED) is 0.789. The van der Waals surface area contributed by atoms with Gasteiger partial charge in [0.2, 0.25) is 0 Å². The first-order valence-corrected chi connectivity index (χ1v) is 7.45. The van der Waals surface area contributed by atoms with Crippen molar-refractivity contribution in [2.45, 2.75) is 65.0 Å². The summed E-state index contributed by atoms with van der Waals surface area (Å²) >= 11 is 0. The van der Waals surface area contributed by atoms with Gasteiger partial charge in [-0.1, -0.05) is 20.3 Å². The van der Waals surface area contributed by atoms with Crippen molar-refractivity contribution in [3.8, 4) is 6.07 Å². The summed E-state index contributed by atoms with van der Waals surface area (Å²) in [5.74, 6) is 0.855. The van der Waals surface area contributed by atoms with E-state index < -0.39 is 0 Å². The largest absolute Gasteiger partial charge is 0.300 e. The summed E-state index contributed by atoms with van der Waals surface area (Å²) < 4.78 is 0. The average molecular weight is 251 g/mol. The molecule has 1 fully saturated rings. The molecule has 1 rings (SSSR count). The van der Waals surface area contributed by atoms with E-state index in [1.165, 1.54) is 32.4 Å². The SMILES string of the molecule is CCNC(C)(C#N)CC(C)N1CCCC(CC)C1. The van der Waals surface area contributed by atoms with Gasteiger partial charge in [-0.3, -0.25) is 5.32 Å². The number of nitrogens with zero attached hydrogens (tertiary/aromatic N) is 2. The second-order valence-corrected chi connectivity index (χ2v) is 5.94. The Morgan fingerprint density at radius 1 is 1.50 bits per heavy atom. The predicted molar refractivity (Wildman–Crippen MR) is 76.4 cm³/mol. The van der Waals surface area contributed by atoms with E-state index in [2.05, 4.69) is 37.1 Å². The van der Waals surface area contributed by atoms with Crippen molar-refractivity contribution >= 4 is 0 Å². The summed E-state index contributed by atoms with van der Waals surface area (Å²) in [4.78, 5) is 2.57. The molecule has 1 aliphatic heterocycles. The maximum Gasteiger partial charge on any atom is 0.105 e. The van der Waals surface area contributed by atoms with Crippen molar-refractivity contribution in [1.29, 1.82) is 5.26 Å². The lowest BCUT2D eigenvalue weighted by atomic mass is 9.90. The average Bonchev–Trinajstić information content (AvgIpc) is 2.39. The molecule has 0 bridgehead atoms. The molecule has 1 aliphatic rings. The van der Waals surface area contributed by atoms with E-state index in [4.69, 9.17) is 0 Å². The van der Waals surface area contributed by atoms with Crippen LogP contribution in [0.5, 0.6) is 0 Å². The highest BCUT2D eigenvalue weighted by Gasteiger charge is 2.30. The van der Waals surface area contributed by atoms with Gasteiger partial charge in [0.15, 0.2) is 0 Å². The summed E-state index contributed by atoms with van der Waals surface area (Å²) in [6.07, 6.45) is 4.88. The van der Waals surface area contributed by atoms with E-state index in [0.29, 0.717) is 6.04 Å². The number of hydrogen-bond donors (Lipinski definition) is 1. The van der Waals surface area contributed by atoms with Gasteiger partial charge in [0.05, 0.1) is 6.07 Å². The van der Waals surface area contributed by atoms with Crippen LogP contribution in [0.1, 0.15) is 53.4 Å². The Balaban J connectivity index is 2.53. The molecule has 0 saturated carbocycles. The number of nitriles is 1. The maximum atomic E-state index is 9.33. The molecule has 0 spiro atoms. The smallest absolute Gasteiger partial charge is 0.105 e. The van der Waals surface area contributed by atoms with Crippen LogP contribution in [0, 0.1) is 17.2 Å². The summed E-state index contributed by atoms with van der Waals surface area (Å²) in [5.41, 5.74) is -0.382. The fourth-order valence-corrected chi connectivity index (χ4v) is 3.10. The fraction of sp³-hybridized carbons (Fsp3) is 0.933. The van der Waals surface area contributed by atoms with Gasteiger partial charge in [0.25, 0.3) is 0 Å². The second kappa shape index (κ2) is 7.11. The van der Waals surface area contributed by atoms with Crippen molar-refractivity contribution in [2.24, 2.45) is 5.92 Å². The zero-order chi connectivity index (χ0) is 13.6. The fourth-order valence-electron chi connectivity index (χ4n) is 3.10. The lowest BCUT2D eigenvalue weighted by Crippen LogP contribution is -2.49. The molecular formula is C15H29N3. The van der Waals surface area contributed by atoms with Gasteiger partial charge >= 0.3 is 0 Å². The first-order valence-electron chi connectivity index (χ1n) is 7.45. The van der Waals surface area contributed by atoms with Crippen molar-refractivity contribution < 1.29 is 0 Å². The van der Waals surface area contributed by atoms with Crippen LogP contribution < -0.4 is 5.32 Å². The second-order valence-electron chi connectivity index (χ2n) is 5.94. The van der Waals surface area contributed by atoms with Gasteiger partial charge in [-0.15, -0.1) is 0 Å². The number of likely N-dealkylation sites (tertiary alicyclic amines) is 1. The molecule has 3 unspecified atom stereocenters. The number of rotatable bonds is 6. The maximum absolute atomic E-state index is 9.33. The van der Waals surface area contributed by atoms with E-state index >= 15 is 0 Å². The molecule has 0 amide bonds. The molecule has 104 valence electrons. The molecule has 1 heterocycles. The molecule has 1 saturated heterocycles. The van der Waals surface area contributed by atoms with Crippen molar-refractivity contribution in [1.82, 2.24) is 10.2 Å². The molecule has 1 N–H and O–H groups in total. The molecule has 0 aliphatic carbocycles. The summed E-state index contributed by atoms with van der Waals surface area (Å²) in [7, 11) is 0. The van der Waals surface area contributed by atoms with Gasteiger partial charge in [0.1, 0.15) is 5.54 Å². The highest BCUT2D eigenvalue weighted by Crippen LogP contribution is 2.24. The molecule has 0 aromatic carbocycles. The zero-order valence-corrected chi connectivity index (χ0v) is 12.5. The first kappa shape index (κ1) is 15.5. The lowest BCUT2D eigenvalue weighted by molar-refractivity contribution is 0.112. The van der Waals surface area contributed by atoms with Crippen LogP contribution in [0.4, 0.5) is 0 Å². The molecule has 0 radical (unpaired) electrons. The monoisotopic (exact) mass is 251 g/mol. The van der Waals surface area contributed by atoms with Gasteiger partial charge in [-0.25, -0.2) is 0 Å². The Morgan fingerprint density at radius 3 is 2.78 bits per heavy atom. The van der Waals surface area contributed by atoms with E-state index in [0.717, 1.165) is 18.9 Å².